The SMILES string of the molecule is Cc1cc([C@@H](C)Nc2ccc(Cl)nc2C(=O)O)c2nc(N3CCC(C)(C)CC3)c(C(F)(F)F)c(=O)n2c1. The second-order valence-corrected chi connectivity index (χ2v) is 10.5. The minimum atomic E-state index is -4.90. The van der Waals surface area contributed by atoms with E-state index in [0.29, 0.717) is 37.1 Å². The van der Waals surface area contributed by atoms with Crippen molar-refractivity contribution >= 4 is 34.7 Å². The topological polar surface area (TPSA) is 99.8 Å². The van der Waals surface area contributed by atoms with Crippen molar-refractivity contribution in [3.05, 3.63) is 62.3 Å². The van der Waals surface area contributed by atoms with E-state index in [-0.39, 0.29) is 33.4 Å². The summed E-state index contributed by atoms with van der Waals surface area (Å²) in [4.78, 5) is 34.8. The first-order chi connectivity index (χ1) is 17.2. The fraction of sp³-hybridized carbons (Fsp3) is 0.440. The van der Waals surface area contributed by atoms with Gasteiger partial charge in [-0.25, -0.2) is 14.8 Å². The van der Waals surface area contributed by atoms with E-state index in [4.69, 9.17) is 11.6 Å². The van der Waals surface area contributed by atoms with Gasteiger partial charge >= 0.3 is 12.1 Å². The van der Waals surface area contributed by atoms with Crippen molar-refractivity contribution in [2.24, 2.45) is 5.41 Å². The maximum absolute atomic E-state index is 14.2. The molecular weight excluding hydrogens is 511 g/mol. The number of halogens is 4. The molecule has 0 aromatic carbocycles. The van der Waals surface area contributed by atoms with Crippen LogP contribution in [0.5, 0.6) is 0 Å². The number of hydrogen-bond donors (Lipinski definition) is 2. The zero-order valence-corrected chi connectivity index (χ0v) is 21.5. The third-order valence-electron chi connectivity index (χ3n) is 6.67. The number of carbonyl (C=O) groups is 1. The first-order valence-electron chi connectivity index (χ1n) is 11.7. The predicted molar refractivity (Wildman–Crippen MR) is 135 cm³/mol. The Morgan fingerprint density at radius 1 is 1.22 bits per heavy atom. The number of fused-ring (bicyclic) bond motifs is 1. The molecule has 3 aromatic heterocycles. The van der Waals surface area contributed by atoms with Crippen LogP contribution in [0.2, 0.25) is 5.15 Å². The average Bonchev–Trinajstić information content (AvgIpc) is 2.79. The van der Waals surface area contributed by atoms with E-state index in [0.717, 1.165) is 4.40 Å². The number of alkyl halides is 3. The molecule has 2 N–H and O–H groups in total. The highest BCUT2D eigenvalue weighted by Crippen LogP contribution is 2.38. The number of pyridine rings is 2. The third kappa shape index (κ3) is 5.36. The highest BCUT2D eigenvalue weighted by Gasteiger charge is 2.41. The highest BCUT2D eigenvalue weighted by molar-refractivity contribution is 6.29. The summed E-state index contributed by atoms with van der Waals surface area (Å²) in [5.74, 6) is -1.68. The summed E-state index contributed by atoms with van der Waals surface area (Å²) in [7, 11) is 0. The minimum absolute atomic E-state index is 0.00106. The Bertz CT molecular complexity index is 1430. The number of piperidine rings is 1. The largest absolute Gasteiger partial charge is 0.476 e. The van der Waals surface area contributed by atoms with Crippen LogP contribution in [0.3, 0.4) is 0 Å². The van der Waals surface area contributed by atoms with Crippen LogP contribution in [-0.2, 0) is 6.18 Å². The molecule has 0 saturated carbocycles. The van der Waals surface area contributed by atoms with Gasteiger partial charge in [0.1, 0.15) is 16.6 Å². The molecule has 1 atom stereocenters. The summed E-state index contributed by atoms with van der Waals surface area (Å²) >= 11 is 5.84. The van der Waals surface area contributed by atoms with E-state index in [2.05, 4.69) is 29.1 Å². The average molecular weight is 538 g/mol. The second kappa shape index (κ2) is 9.51. The number of rotatable bonds is 5. The molecule has 1 fully saturated rings. The summed E-state index contributed by atoms with van der Waals surface area (Å²) in [6, 6.07) is 3.94. The van der Waals surface area contributed by atoms with E-state index in [1.807, 2.05) is 0 Å². The monoisotopic (exact) mass is 537 g/mol. The maximum Gasteiger partial charge on any atom is 0.425 e. The summed E-state index contributed by atoms with van der Waals surface area (Å²) in [6.45, 7) is 8.15. The van der Waals surface area contributed by atoms with Crippen molar-refractivity contribution in [2.75, 3.05) is 23.3 Å². The standard InChI is InChI=1S/C25H27ClF3N5O3/c1-13-11-15(14(2)30-16-5-6-17(26)31-19(16)23(36)37)20-32-21(33-9-7-24(3,4)8-10-33)18(25(27,28)29)22(35)34(20)12-13/h5-6,11-12,14,30H,7-10H2,1-4H3,(H,36,37)/t14-/m1/s1. The zero-order chi connectivity index (χ0) is 27.3. The van der Waals surface area contributed by atoms with Gasteiger partial charge in [-0.2, -0.15) is 13.2 Å². The smallest absolute Gasteiger partial charge is 0.425 e. The summed E-state index contributed by atoms with van der Waals surface area (Å²) in [6.07, 6.45) is -2.25. The van der Waals surface area contributed by atoms with Gasteiger partial charge in [0.2, 0.25) is 0 Å². The molecule has 0 aliphatic carbocycles. The number of carboxylic acid groups (broad SMARTS) is 1. The quantitative estimate of drug-likeness (QED) is 0.410. The number of aromatic carboxylic acids is 1. The number of nitrogens with zero attached hydrogens (tertiary/aromatic N) is 4. The molecule has 8 nitrogen and oxygen atoms in total. The molecule has 37 heavy (non-hydrogen) atoms. The first kappa shape index (κ1) is 26.7. The molecule has 4 heterocycles. The molecule has 0 spiro atoms. The Morgan fingerprint density at radius 2 is 1.86 bits per heavy atom. The Balaban J connectivity index is 1.88. The molecule has 4 rings (SSSR count). The lowest BCUT2D eigenvalue weighted by Gasteiger charge is -2.38. The third-order valence-corrected chi connectivity index (χ3v) is 6.88. The van der Waals surface area contributed by atoms with E-state index in [9.17, 15) is 27.9 Å². The molecule has 198 valence electrons. The van der Waals surface area contributed by atoms with Crippen LogP contribution in [0.25, 0.3) is 5.65 Å². The summed E-state index contributed by atoms with van der Waals surface area (Å²) in [5.41, 5.74) is -1.64. The van der Waals surface area contributed by atoms with E-state index >= 15 is 0 Å². The number of carboxylic acids is 1. The maximum atomic E-state index is 14.2. The fourth-order valence-electron chi connectivity index (χ4n) is 4.54. The highest BCUT2D eigenvalue weighted by atomic mass is 35.5. The zero-order valence-electron chi connectivity index (χ0n) is 20.8. The van der Waals surface area contributed by atoms with Crippen molar-refractivity contribution in [1.29, 1.82) is 0 Å². The van der Waals surface area contributed by atoms with Crippen LogP contribution in [-0.4, -0.2) is 38.5 Å². The van der Waals surface area contributed by atoms with Gasteiger partial charge in [-0.1, -0.05) is 25.4 Å². The molecule has 0 bridgehead atoms. The normalized spacial score (nSPS) is 16.6. The summed E-state index contributed by atoms with van der Waals surface area (Å²) < 4.78 is 43.5. The van der Waals surface area contributed by atoms with E-state index in [1.165, 1.54) is 23.2 Å². The van der Waals surface area contributed by atoms with E-state index < -0.39 is 29.3 Å². The Labute approximate surface area is 216 Å². The van der Waals surface area contributed by atoms with Crippen LogP contribution < -0.4 is 15.8 Å². The van der Waals surface area contributed by atoms with E-state index in [1.54, 1.807) is 19.9 Å². The van der Waals surface area contributed by atoms with Crippen molar-refractivity contribution in [3.63, 3.8) is 0 Å². The fourth-order valence-corrected chi connectivity index (χ4v) is 4.69. The van der Waals surface area contributed by atoms with Gasteiger partial charge < -0.3 is 15.3 Å². The van der Waals surface area contributed by atoms with Gasteiger partial charge in [0.25, 0.3) is 5.56 Å². The lowest BCUT2D eigenvalue weighted by atomic mass is 9.82. The van der Waals surface area contributed by atoms with Gasteiger partial charge in [0.15, 0.2) is 11.3 Å². The molecular formula is C25H27ClF3N5O3. The van der Waals surface area contributed by atoms with Crippen LogP contribution in [0.1, 0.15) is 66.8 Å². The molecule has 0 amide bonds. The van der Waals surface area contributed by atoms with Gasteiger partial charge in [-0.05, 0) is 55.9 Å². The van der Waals surface area contributed by atoms with Crippen molar-refractivity contribution in [3.8, 4) is 0 Å². The lowest BCUT2D eigenvalue weighted by Crippen LogP contribution is -2.41. The number of aromatic nitrogens is 3. The van der Waals surface area contributed by atoms with Crippen molar-refractivity contribution < 1.29 is 23.1 Å². The molecule has 3 aromatic rings. The van der Waals surface area contributed by atoms with Crippen molar-refractivity contribution in [1.82, 2.24) is 14.4 Å². The molecule has 0 unspecified atom stereocenters. The van der Waals surface area contributed by atoms with Gasteiger partial charge in [0, 0.05) is 24.8 Å². The van der Waals surface area contributed by atoms with Crippen LogP contribution in [0.4, 0.5) is 24.7 Å². The first-order valence-corrected chi connectivity index (χ1v) is 12.1. The molecule has 1 aliphatic rings. The van der Waals surface area contributed by atoms with Crippen LogP contribution in [0.15, 0.2) is 29.2 Å². The number of anilines is 2. The predicted octanol–water partition coefficient (Wildman–Crippen LogP) is 5.57. The Morgan fingerprint density at radius 3 is 2.46 bits per heavy atom. The van der Waals surface area contributed by atoms with Crippen LogP contribution >= 0.6 is 11.6 Å². The second-order valence-electron chi connectivity index (χ2n) is 10.1. The molecule has 1 saturated heterocycles. The van der Waals surface area contributed by atoms with Gasteiger partial charge in [0.05, 0.1) is 11.7 Å². The van der Waals surface area contributed by atoms with Crippen molar-refractivity contribution in [2.45, 2.75) is 52.8 Å². The molecule has 12 heteroatoms. The van der Waals surface area contributed by atoms with Gasteiger partial charge in [-0.15, -0.1) is 0 Å². The summed E-state index contributed by atoms with van der Waals surface area (Å²) in [5, 5.41) is 12.6. The number of aryl methyl sites for hydroxylation is 1. The van der Waals surface area contributed by atoms with Gasteiger partial charge in [-0.3, -0.25) is 9.20 Å². The minimum Gasteiger partial charge on any atom is -0.476 e. The molecule has 0 radical (unpaired) electrons. The Kier molecular flexibility index (Phi) is 6.87. The Hall–Kier alpha value is -3.34. The number of nitrogens with one attached hydrogen (secondary N) is 1. The van der Waals surface area contributed by atoms with Crippen LogP contribution in [0, 0.1) is 12.3 Å². The lowest BCUT2D eigenvalue weighted by molar-refractivity contribution is -0.138. The molecule has 1 aliphatic heterocycles. The number of hydrogen-bond acceptors (Lipinski definition) is 6.